The summed E-state index contributed by atoms with van der Waals surface area (Å²) in [6.45, 7) is 8.52. The van der Waals surface area contributed by atoms with E-state index in [1.54, 1.807) is 18.3 Å². The molecule has 0 atom stereocenters. The van der Waals surface area contributed by atoms with E-state index in [1.165, 1.54) is 16.4 Å². The summed E-state index contributed by atoms with van der Waals surface area (Å²) in [5.41, 5.74) is 1.03. The van der Waals surface area contributed by atoms with E-state index in [0.717, 1.165) is 16.7 Å². The Kier molecular flexibility index (Phi) is 5.00. The minimum Gasteiger partial charge on any atom is -0.448 e. The predicted octanol–water partition coefficient (Wildman–Crippen LogP) is 4.01. The molecular weight excluding hydrogens is 304 g/mol. The fourth-order valence-electron chi connectivity index (χ4n) is 1.76. The van der Waals surface area contributed by atoms with Crippen LogP contribution in [-0.4, -0.2) is 16.7 Å². The summed E-state index contributed by atoms with van der Waals surface area (Å²) >= 11 is 3.21. The van der Waals surface area contributed by atoms with Gasteiger partial charge in [-0.25, -0.2) is 4.79 Å². The van der Waals surface area contributed by atoms with Gasteiger partial charge in [0.2, 0.25) is 0 Å². The Labute approximate surface area is 132 Å². The smallest absolute Gasteiger partial charge is 0.434 e. The average Bonchev–Trinajstić information content (AvgIpc) is 3.00. The third kappa shape index (κ3) is 4.28. The van der Waals surface area contributed by atoms with Gasteiger partial charge in [0.1, 0.15) is 4.67 Å². The highest BCUT2D eigenvalue weighted by Crippen LogP contribution is 2.19. The maximum atomic E-state index is 11.6. The van der Waals surface area contributed by atoms with Crippen molar-refractivity contribution >= 4 is 29.0 Å². The number of hydrogen-bond acceptors (Lipinski definition) is 4. The summed E-state index contributed by atoms with van der Waals surface area (Å²) in [7, 11) is 0. The molecule has 6 heteroatoms. The van der Waals surface area contributed by atoms with Gasteiger partial charge in [-0.15, -0.1) is 11.3 Å². The van der Waals surface area contributed by atoms with Crippen molar-refractivity contribution in [1.82, 2.24) is 3.96 Å². The predicted molar refractivity (Wildman–Crippen MR) is 87.0 cm³/mol. The maximum Gasteiger partial charge on any atom is 0.434 e. The topological polar surface area (TPSA) is 43.6 Å². The van der Waals surface area contributed by atoms with Crippen LogP contribution >= 0.6 is 22.9 Å². The molecule has 2 aromatic heterocycles. The zero-order chi connectivity index (χ0) is 15.5. The highest BCUT2D eigenvalue weighted by atomic mass is 32.1. The molecule has 0 spiro atoms. The van der Waals surface area contributed by atoms with E-state index in [-0.39, 0.29) is 5.54 Å². The van der Waals surface area contributed by atoms with Crippen molar-refractivity contribution in [2.24, 2.45) is 4.99 Å². The number of hydrogen-bond donors (Lipinski definition) is 0. The molecule has 0 unspecified atom stereocenters. The minimum absolute atomic E-state index is 0.0305. The molecule has 2 rings (SSSR count). The molecule has 0 bridgehead atoms. The molecule has 0 radical (unpaired) electrons. The molecule has 114 valence electrons. The van der Waals surface area contributed by atoms with Crippen LogP contribution in [0.5, 0.6) is 0 Å². The lowest BCUT2D eigenvalue weighted by Crippen LogP contribution is -2.18. The first-order chi connectivity index (χ1) is 9.90. The second-order valence-corrected chi connectivity index (χ2v) is 7.61. The van der Waals surface area contributed by atoms with Crippen molar-refractivity contribution < 1.29 is 9.53 Å². The normalized spacial score (nSPS) is 12.7. The molecule has 0 aromatic carbocycles. The van der Waals surface area contributed by atoms with Crippen LogP contribution in [0.3, 0.4) is 0 Å². The van der Waals surface area contributed by atoms with Crippen LogP contribution in [0.1, 0.15) is 38.1 Å². The standard InChI is InChI=1S/C15H20N2O2S2/c1-5-19-14(18)16-13-11(9-12-7-6-8-20-12)10-17(21-13)15(2,3)4/h6-8,10H,5,9H2,1-4H3/b16-13-. The molecule has 0 aliphatic heterocycles. The monoisotopic (exact) mass is 324 g/mol. The Balaban J connectivity index is 2.41. The molecule has 0 aliphatic rings. The fraction of sp³-hybridized carbons (Fsp3) is 0.467. The van der Waals surface area contributed by atoms with Gasteiger partial charge in [-0.3, -0.25) is 3.96 Å². The molecular formula is C15H20N2O2S2. The third-order valence-corrected chi connectivity index (χ3v) is 5.05. The highest BCUT2D eigenvalue weighted by Gasteiger charge is 2.16. The number of carbonyl (C=O) groups excluding carboxylic acids is 1. The van der Waals surface area contributed by atoms with Gasteiger partial charge in [0.15, 0.2) is 0 Å². The number of rotatable bonds is 3. The van der Waals surface area contributed by atoms with E-state index >= 15 is 0 Å². The van der Waals surface area contributed by atoms with Gasteiger partial charge in [0.25, 0.3) is 0 Å². The summed E-state index contributed by atoms with van der Waals surface area (Å²) < 4.78 is 7.79. The first-order valence-electron chi connectivity index (χ1n) is 6.86. The van der Waals surface area contributed by atoms with Crippen LogP contribution < -0.4 is 4.67 Å². The van der Waals surface area contributed by atoms with Crippen molar-refractivity contribution in [3.63, 3.8) is 0 Å². The molecule has 0 N–H and O–H groups in total. The Hall–Kier alpha value is -1.40. The number of carbonyl (C=O) groups is 1. The average molecular weight is 324 g/mol. The number of ether oxygens (including phenoxy) is 1. The van der Waals surface area contributed by atoms with Gasteiger partial charge in [-0.05, 0) is 50.7 Å². The van der Waals surface area contributed by atoms with Crippen LogP contribution in [0.2, 0.25) is 0 Å². The van der Waals surface area contributed by atoms with E-state index in [9.17, 15) is 4.79 Å². The lowest BCUT2D eigenvalue weighted by Gasteiger charge is -2.19. The number of aromatic nitrogens is 1. The summed E-state index contributed by atoms with van der Waals surface area (Å²) in [5.74, 6) is 0. The number of thiophene rings is 1. The van der Waals surface area contributed by atoms with Crippen molar-refractivity contribution in [3.05, 3.63) is 38.8 Å². The van der Waals surface area contributed by atoms with Gasteiger partial charge < -0.3 is 4.74 Å². The molecule has 0 aliphatic carbocycles. The van der Waals surface area contributed by atoms with Gasteiger partial charge >= 0.3 is 6.09 Å². The van der Waals surface area contributed by atoms with E-state index < -0.39 is 6.09 Å². The van der Waals surface area contributed by atoms with Crippen LogP contribution in [0.15, 0.2) is 28.7 Å². The zero-order valence-corrected chi connectivity index (χ0v) is 14.4. The lowest BCUT2D eigenvalue weighted by molar-refractivity contribution is 0.162. The molecule has 2 aromatic rings. The Bertz CT molecular complexity index is 661. The van der Waals surface area contributed by atoms with Gasteiger partial charge in [-0.2, -0.15) is 4.99 Å². The Morgan fingerprint density at radius 2 is 2.19 bits per heavy atom. The van der Waals surface area contributed by atoms with E-state index in [2.05, 4.69) is 47.4 Å². The van der Waals surface area contributed by atoms with Crippen LogP contribution in [0.4, 0.5) is 4.79 Å². The first kappa shape index (κ1) is 16.0. The SMILES string of the molecule is CCOC(=O)/N=c1\sn(C(C)(C)C)cc1Cc1cccs1. The van der Waals surface area contributed by atoms with Gasteiger partial charge in [-0.1, -0.05) is 6.07 Å². The highest BCUT2D eigenvalue weighted by molar-refractivity contribution is 7.10. The van der Waals surface area contributed by atoms with E-state index in [4.69, 9.17) is 4.74 Å². The van der Waals surface area contributed by atoms with Gasteiger partial charge in [0, 0.05) is 28.6 Å². The summed E-state index contributed by atoms with van der Waals surface area (Å²) in [4.78, 5) is 17.0. The van der Waals surface area contributed by atoms with Crippen LogP contribution in [-0.2, 0) is 16.7 Å². The van der Waals surface area contributed by atoms with E-state index in [1.807, 2.05) is 6.07 Å². The van der Waals surface area contributed by atoms with Crippen LogP contribution in [0, 0.1) is 0 Å². The lowest BCUT2D eigenvalue weighted by atomic mass is 10.1. The Morgan fingerprint density at radius 1 is 1.43 bits per heavy atom. The van der Waals surface area contributed by atoms with E-state index in [0.29, 0.717) is 6.61 Å². The van der Waals surface area contributed by atoms with Crippen molar-refractivity contribution in [2.45, 2.75) is 39.7 Å². The number of nitrogens with zero attached hydrogens (tertiary/aromatic N) is 2. The molecule has 1 amide bonds. The second-order valence-electron chi connectivity index (χ2n) is 5.61. The molecule has 0 saturated carbocycles. The summed E-state index contributed by atoms with van der Waals surface area (Å²) in [6, 6.07) is 4.13. The molecule has 4 nitrogen and oxygen atoms in total. The molecule has 0 saturated heterocycles. The zero-order valence-electron chi connectivity index (χ0n) is 12.8. The maximum absolute atomic E-state index is 11.6. The third-order valence-electron chi connectivity index (χ3n) is 2.80. The van der Waals surface area contributed by atoms with Crippen LogP contribution in [0.25, 0.3) is 0 Å². The largest absolute Gasteiger partial charge is 0.448 e. The van der Waals surface area contributed by atoms with Gasteiger partial charge in [0.05, 0.1) is 6.61 Å². The Morgan fingerprint density at radius 3 is 2.76 bits per heavy atom. The molecule has 0 fully saturated rings. The molecule has 2 heterocycles. The van der Waals surface area contributed by atoms with Crippen molar-refractivity contribution in [1.29, 1.82) is 0 Å². The number of amides is 1. The quantitative estimate of drug-likeness (QED) is 0.856. The molecule has 21 heavy (non-hydrogen) atoms. The fourth-order valence-corrected chi connectivity index (χ4v) is 3.48. The summed E-state index contributed by atoms with van der Waals surface area (Å²) in [5, 5.41) is 2.06. The van der Waals surface area contributed by atoms with Crippen molar-refractivity contribution in [3.8, 4) is 0 Å². The first-order valence-corrected chi connectivity index (χ1v) is 8.51. The minimum atomic E-state index is -0.521. The second kappa shape index (κ2) is 6.58. The van der Waals surface area contributed by atoms with Crippen molar-refractivity contribution in [2.75, 3.05) is 6.61 Å². The summed E-state index contributed by atoms with van der Waals surface area (Å²) in [6.07, 6.45) is 2.35.